The Kier molecular flexibility index (Phi) is 5.78. The molecule has 0 radical (unpaired) electrons. The summed E-state index contributed by atoms with van der Waals surface area (Å²) in [4.78, 5) is 2.23. The third-order valence-electron chi connectivity index (χ3n) is 2.90. The normalized spacial score (nSPS) is 13.0. The van der Waals surface area contributed by atoms with Gasteiger partial charge in [0.2, 0.25) is 0 Å². The van der Waals surface area contributed by atoms with Crippen molar-refractivity contribution in [2.75, 3.05) is 24.8 Å². The van der Waals surface area contributed by atoms with Gasteiger partial charge in [0.1, 0.15) is 5.82 Å². The fraction of sp³-hybridized carbons (Fsp3) is 0.538. The van der Waals surface area contributed by atoms with Crippen molar-refractivity contribution in [2.45, 2.75) is 25.9 Å². The molecule has 0 aromatic heterocycles. The Labute approximate surface area is 107 Å². The Bertz CT molecular complexity index is 337. The number of hydrogen-bond donors (Lipinski definition) is 1. The molecular formula is C13H21FN2S. The Balaban J connectivity index is 2.57. The van der Waals surface area contributed by atoms with Crippen LogP contribution in [-0.2, 0) is 6.54 Å². The second-order valence-electron chi connectivity index (χ2n) is 4.44. The third kappa shape index (κ3) is 4.96. The molecule has 4 heteroatoms. The van der Waals surface area contributed by atoms with E-state index >= 15 is 0 Å². The molecule has 1 aromatic rings. The average molecular weight is 256 g/mol. The fourth-order valence-electron chi connectivity index (χ4n) is 1.72. The Morgan fingerprint density at radius 1 is 1.41 bits per heavy atom. The van der Waals surface area contributed by atoms with Gasteiger partial charge in [0.15, 0.2) is 0 Å². The quantitative estimate of drug-likeness (QED) is 0.793. The largest absolute Gasteiger partial charge is 0.399 e. The van der Waals surface area contributed by atoms with Gasteiger partial charge < -0.3 is 5.73 Å². The number of halogens is 1. The lowest BCUT2D eigenvalue weighted by molar-refractivity contribution is 0.245. The van der Waals surface area contributed by atoms with Gasteiger partial charge in [-0.15, -0.1) is 0 Å². The average Bonchev–Trinajstić information content (AvgIpc) is 2.24. The Morgan fingerprint density at radius 3 is 2.71 bits per heavy atom. The van der Waals surface area contributed by atoms with E-state index in [0.717, 1.165) is 24.3 Å². The lowest BCUT2D eigenvalue weighted by Gasteiger charge is -2.24. The second kappa shape index (κ2) is 6.87. The molecule has 17 heavy (non-hydrogen) atoms. The molecule has 2 nitrogen and oxygen atoms in total. The molecule has 0 heterocycles. The van der Waals surface area contributed by atoms with Gasteiger partial charge in [-0.1, -0.05) is 0 Å². The molecular weight excluding hydrogens is 235 g/mol. The third-order valence-corrected chi connectivity index (χ3v) is 3.55. The summed E-state index contributed by atoms with van der Waals surface area (Å²) in [6.45, 7) is 2.93. The summed E-state index contributed by atoms with van der Waals surface area (Å²) in [6.07, 6.45) is 3.25. The molecule has 1 aromatic carbocycles. The summed E-state index contributed by atoms with van der Waals surface area (Å²) in [7, 11) is 2.06. The van der Waals surface area contributed by atoms with Crippen LogP contribution >= 0.6 is 11.8 Å². The number of hydrogen-bond acceptors (Lipinski definition) is 3. The van der Waals surface area contributed by atoms with Crippen molar-refractivity contribution in [3.8, 4) is 0 Å². The lowest BCUT2D eigenvalue weighted by Crippen LogP contribution is -2.29. The fourth-order valence-corrected chi connectivity index (χ4v) is 2.30. The van der Waals surface area contributed by atoms with Gasteiger partial charge in [-0.25, -0.2) is 4.39 Å². The van der Waals surface area contributed by atoms with E-state index in [1.54, 1.807) is 6.07 Å². The first-order valence-corrected chi connectivity index (χ1v) is 7.16. The summed E-state index contributed by atoms with van der Waals surface area (Å²) in [6, 6.07) is 5.22. The number of benzene rings is 1. The van der Waals surface area contributed by atoms with Gasteiger partial charge in [0, 0.05) is 18.3 Å². The number of thioether (sulfide) groups is 1. The molecule has 96 valence electrons. The van der Waals surface area contributed by atoms with Crippen molar-refractivity contribution in [3.63, 3.8) is 0 Å². The molecule has 1 atom stereocenters. The molecule has 0 aliphatic heterocycles. The van der Waals surface area contributed by atoms with Crippen molar-refractivity contribution >= 4 is 17.4 Å². The summed E-state index contributed by atoms with van der Waals surface area (Å²) < 4.78 is 13.2. The molecule has 0 aliphatic rings. The SMILES string of the molecule is CSCCC(C)N(C)Cc1cc(N)cc(F)c1. The van der Waals surface area contributed by atoms with E-state index in [-0.39, 0.29) is 5.82 Å². The van der Waals surface area contributed by atoms with Crippen molar-refractivity contribution in [1.29, 1.82) is 0 Å². The second-order valence-corrected chi connectivity index (χ2v) is 5.42. The summed E-state index contributed by atoms with van der Waals surface area (Å²) >= 11 is 1.85. The number of nitrogen functional groups attached to an aromatic ring is 1. The first-order valence-electron chi connectivity index (χ1n) is 5.77. The molecule has 0 saturated carbocycles. The maximum absolute atomic E-state index is 13.2. The van der Waals surface area contributed by atoms with Crippen molar-refractivity contribution in [2.24, 2.45) is 0 Å². The molecule has 0 amide bonds. The van der Waals surface area contributed by atoms with Crippen LogP contribution in [0.25, 0.3) is 0 Å². The van der Waals surface area contributed by atoms with E-state index in [2.05, 4.69) is 25.1 Å². The van der Waals surface area contributed by atoms with Gasteiger partial charge in [0.05, 0.1) is 0 Å². The monoisotopic (exact) mass is 256 g/mol. The zero-order valence-electron chi connectivity index (χ0n) is 10.7. The maximum Gasteiger partial charge on any atom is 0.125 e. The van der Waals surface area contributed by atoms with Crippen LogP contribution < -0.4 is 5.73 Å². The first kappa shape index (κ1) is 14.3. The van der Waals surface area contributed by atoms with Gasteiger partial charge in [0.25, 0.3) is 0 Å². The van der Waals surface area contributed by atoms with E-state index in [1.165, 1.54) is 6.07 Å². The van der Waals surface area contributed by atoms with Crippen LogP contribution in [0.4, 0.5) is 10.1 Å². The number of rotatable bonds is 6. The minimum atomic E-state index is -0.259. The van der Waals surface area contributed by atoms with Crippen molar-refractivity contribution in [3.05, 3.63) is 29.6 Å². The highest BCUT2D eigenvalue weighted by Crippen LogP contribution is 2.15. The predicted molar refractivity (Wildman–Crippen MR) is 74.7 cm³/mol. The van der Waals surface area contributed by atoms with Crippen molar-refractivity contribution < 1.29 is 4.39 Å². The van der Waals surface area contributed by atoms with Gasteiger partial charge in [-0.3, -0.25) is 4.90 Å². The molecule has 2 N–H and O–H groups in total. The minimum Gasteiger partial charge on any atom is -0.399 e. The predicted octanol–water partition coefficient (Wildman–Crippen LogP) is 2.98. The van der Waals surface area contributed by atoms with E-state index in [1.807, 2.05) is 17.8 Å². The molecule has 0 fully saturated rings. The summed E-state index contributed by atoms with van der Waals surface area (Å²) in [5.41, 5.74) is 7.05. The standard InChI is InChI=1S/C13H21FN2S/c1-10(4-5-17-3)16(2)9-11-6-12(14)8-13(15)7-11/h6-8,10H,4-5,9,15H2,1-3H3. The highest BCUT2D eigenvalue weighted by molar-refractivity contribution is 7.98. The highest BCUT2D eigenvalue weighted by atomic mass is 32.2. The topological polar surface area (TPSA) is 29.3 Å². The number of nitrogens with zero attached hydrogens (tertiary/aromatic N) is 1. The Morgan fingerprint density at radius 2 is 2.12 bits per heavy atom. The van der Waals surface area contributed by atoms with E-state index in [9.17, 15) is 4.39 Å². The van der Waals surface area contributed by atoms with E-state index in [0.29, 0.717) is 11.7 Å². The van der Waals surface area contributed by atoms with E-state index < -0.39 is 0 Å². The molecule has 0 saturated heterocycles. The summed E-state index contributed by atoms with van der Waals surface area (Å²) in [5.74, 6) is 0.890. The van der Waals surface area contributed by atoms with Crippen LogP contribution in [-0.4, -0.2) is 30.0 Å². The number of nitrogens with two attached hydrogens (primary N) is 1. The smallest absolute Gasteiger partial charge is 0.125 e. The van der Waals surface area contributed by atoms with Crippen LogP contribution in [0.1, 0.15) is 18.9 Å². The summed E-state index contributed by atoms with van der Waals surface area (Å²) in [5, 5.41) is 0. The van der Waals surface area contributed by atoms with Crippen LogP contribution in [0.3, 0.4) is 0 Å². The molecule has 0 bridgehead atoms. The van der Waals surface area contributed by atoms with E-state index in [4.69, 9.17) is 5.73 Å². The molecule has 0 aliphatic carbocycles. The molecule has 0 spiro atoms. The zero-order valence-corrected chi connectivity index (χ0v) is 11.6. The van der Waals surface area contributed by atoms with Crippen LogP contribution in [0, 0.1) is 5.82 Å². The lowest BCUT2D eigenvalue weighted by atomic mass is 10.1. The first-order chi connectivity index (χ1) is 8.02. The molecule has 1 unspecified atom stereocenters. The number of anilines is 1. The highest BCUT2D eigenvalue weighted by Gasteiger charge is 2.10. The van der Waals surface area contributed by atoms with Gasteiger partial charge in [-0.2, -0.15) is 11.8 Å². The molecule has 1 rings (SSSR count). The van der Waals surface area contributed by atoms with Crippen LogP contribution in [0.2, 0.25) is 0 Å². The maximum atomic E-state index is 13.2. The van der Waals surface area contributed by atoms with Crippen molar-refractivity contribution in [1.82, 2.24) is 4.90 Å². The Hall–Kier alpha value is -0.740. The zero-order chi connectivity index (χ0) is 12.8. The van der Waals surface area contributed by atoms with Crippen LogP contribution in [0.15, 0.2) is 18.2 Å². The van der Waals surface area contributed by atoms with Crippen LogP contribution in [0.5, 0.6) is 0 Å². The van der Waals surface area contributed by atoms with Gasteiger partial charge in [-0.05, 0) is 56.2 Å². The van der Waals surface area contributed by atoms with Gasteiger partial charge >= 0.3 is 0 Å². The minimum absolute atomic E-state index is 0.259.